The van der Waals surface area contributed by atoms with E-state index >= 15 is 0 Å². The van der Waals surface area contributed by atoms with Crippen molar-refractivity contribution >= 4 is 6.21 Å². The van der Waals surface area contributed by atoms with Crippen LogP contribution in [0.5, 0.6) is 0 Å². The zero-order valence-corrected chi connectivity index (χ0v) is 6.59. The number of hydrogen-bond acceptors (Lipinski definition) is 2. The van der Waals surface area contributed by atoms with Gasteiger partial charge in [0.1, 0.15) is 0 Å². The summed E-state index contributed by atoms with van der Waals surface area (Å²) in [5.41, 5.74) is 0.896. The molecule has 0 spiro atoms. The Morgan fingerprint density at radius 1 is 1.70 bits per heavy atom. The van der Waals surface area contributed by atoms with Crippen molar-refractivity contribution in [3.63, 3.8) is 0 Å². The van der Waals surface area contributed by atoms with Crippen molar-refractivity contribution < 1.29 is 0 Å². The molecular weight excluding hydrogens is 124 g/mol. The summed E-state index contributed by atoms with van der Waals surface area (Å²) in [5, 5.41) is 3.05. The Labute approximate surface area is 62.4 Å². The Hall–Kier alpha value is -1.05. The van der Waals surface area contributed by atoms with Gasteiger partial charge in [-0.1, -0.05) is 6.58 Å². The van der Waals surface area contributed by atoms with Crippen molar-refractivity contribution in [3.05, 3.63) is 24.6 Å². The van der Waals surface area contributed by atoms with Crippen LogP contribution in [0.25, 0.3) is 0 Å². The molecule has 0 rings (SSSR count). The van der Waals surface area contributed by atoms with Crippen LogP contribution in [0.2, 0.25) is 0 Å². The first-order valence-corrected chi connectivity index (χ1v) is 3.38. The van der Waals surface area contributed by atoms with Crippen LogP contribution in [-0.2, 0) is 0 Å². The number of aliphatic imine (C=N–C) groups is 1. The Morgan fingerprint density at radius 2 is 2.40 bits per heavy atom. The van der Waals surface area contributed by atoms with E-state index in [-0.39, 0.29) is 0 Å². The maximum Gasteiger partial charge on any atom is 0.0284 e. The monoisotopic (exact) mass is 138 g/mol. The molecule has 0 atom stereocenters. The lowest BCUT2D eigenvalue weighted by Gasteiger charge is -1.97. The van der Waals surface area contributed by atoms with Gasteiger partial charge in [-0.25, -0.2) is 0 Å². The van der Waals surface area contributed by atoms with E-state index in [9.17, 15) is 0 Å². The average molecular weight is 138 g/mol. The first-order valence-electron chi connectivity index (χ1n) is 3.38. The van der Waals surface area contributed by atoms with Crippen LogP contribution in [-0.4, -0.2) is 12.8 Å². The van der Waals surface area contributed by atoms with Crippen LogP contribution in [0.1, 0.15) is 13.8 Å². The number of nitrogens with zero attached hydrogens (tertiary/aromatic N) is 1. The summed E-state index contributed by atoms with van der Waals surface area (Å²) in [6, 6.07) is 0. The summed E-state index contributed by atoms with van der Waals surface area (Å²) in [5.74, 6) is 0. The van der Waals surface area contributed by atoms with Gasteiger partial charge in [0, 0.05) is 24.7 Å². The Kier molecular flexibility index (Phi) is 5.44. The standard InChI is InChI=1S/C8H14N2/c1-4-9-7-6-8(3)10-5-2/h4,6-7,10H,3,5H2,1-2H3/b7-6-,9-4?. The van der Waals surface area contributed by atoms with E-state index < -0.39 is 0 Å². The van der Waals surface area contributed by atoms with Gasteiger partial charge in [-0.2, -0.15) is 0 Å². The fourth-order valence-electron chi connectivity index (χ4n) is 0.505. The lowest BCUT2D eigenvalue weighted by molar-refractivity contribution is 0.882. The molecule has 0 aliphatic rings. The number of allylic oxidation sites excluding steroid dienone is 1. The molecule has 0 aromatic heterocycles. The Balaban J connectivity index is 3.56. The van der Waals surface area contributed by atoms with Crippen molar-refractivity contribution in [3.8, 4) is 0 Å². The molecule has 0 aromatic carbocycles. The normalized spacial score (nSPS) is 11.0. The van der Waals surface area contributed by atoms with Crippen molar-refractivity contribution in [1.29, 1.82) is 0 Å². The molecule has 0 saturated carbocycles. The summed E-state index contributed by atoms with van der Waals surface area (Å²) in [7, 11) is 0. The molecule has 2 heteroatoms. The molecular formula is C8H14N2. The molecule has 0 heterocycles. The highest BCUT2D eigenvalue weighted by molar-refractivity contribution is 5.54. The largest absolute Gasteiger partial charge is 0.386 e. The highest BCUT2D eigenvalue weighted by Crippen LogP contribution is 1.85. The fourth-order valence-corrected chi connectivity index (χ4v) is 0.505. The molecule has 0 unspecified atom stereocenters. The highest BCUT2D eigenvalue weighted by atomic mass is 14.9. The third kappa shape index (κ3) is 5.09. The minimum atomic E-state index is 0.896. The minimum Gasteiger partial charge on any atom is -0.386 e. The van der Waals surface area contributed by atoms with Crippen molar-refractivity contribution in [2.24, 2.45) is 4.99 Å². The maximum atomic E-state index is 3.89. The van der Waals surface area contributed by atoms with Gasteiger partial charge >= 0.3 is 0 Å². The van der Waals surface area contributed by atoms with Crippen LogP contribution in [0.15, 0.2) is 29.5 Å². The van der Waals surface area contributed by atoms with Crippen LogP contribution in [0, 0.1) is 0 Å². The first-order chi connectivity index (χ1) is 4.81. The summed E-state index contributed by atoms with van der Waals surface area (Å²) in [6.45, 7) is 8.55. The number of likely N-dealkylation sites (N-methyl/N-ethyl adjacent to an activating group) is 1. The lowest BCUT2D eigenvalue weighted by atomic mass is 10.4. The molecule has 2 nitrogen and oxygen atoms in total. The molecule has 1 N–H and O–H groups in total. The molecule has 0 bridgehead atoms. The van der Waals surface area contributed by atoms with E-state index in [1.165, 1.54) is 0 Å². The number of nitrogens with one attached hydrogen (secondary N) is 1. The topological polar surface area (TPSA) is 24.4 Å². The predicted octanol–water partition coefficient (Wildman–Crippen LogP) is 1.71. The van der Waals surface area contributed by atoms with E-state index in [1.54, 1.807) is 12.4 Å². The maximum absolute atomic E-state index is 3.89. The molecule has 0 aromatic rings. The van der Waals surface area contributed by atoms with E-state index in [2.05, 4.69) is 16.9 Å². The van der Waals surface area contributed by atoms with Crippen LogP contribution in [0.3, 0.4) is 0 Å². The summed E-state index contributed by atoms with van der Waals surface area (Å²) >= 11 is 0. The number of hydrogen-bond donors (Lipinski definition) is 1. The summed E-state index contributed by atoms with van der Waals surface area (Å²) in [6.07, 6.45) is 5.28. The molecule has 0 aliphatic carbocycles. The Morgan fingerprint density at radius 3 is 2.90 bits per heavy atom. The van der Waals surface area contributed by atoms with Crippen LogP contribution < -0.4 is 5.32 Å². The lowest BCUT2D eigenvalue weighted by Crippen LogP contribution is -2.08. The zero-order valence-electron chi connectivity index (χ0n) is 6.59. The van der Waals surface area contributed by atoms with Crippen LogP contribution in [0.4, 0.5) is 0 Å². The molecule has 0 saturated heterocycles. The van der Waals surface area contributed by atoms with Crippen LogP contribution >= 0.6 is 0 Å². The zero-order chi connectivity index (χ0) is 7.82. The summed E-state index contributed by atoms with van der Waals surface area (Å²) < 4.78 is 0. The predicted molar refractivity (Wildman–Crippen MR) is 46.1 cm³/mol. The molecule has 0 fully saturated rings. The van der Waals surface area contributed by atoms with Gasteiger partial charge in [-0.05, 0) is 19.9 Å². The summed E-state index contributed by atoms with van der Waals surface area (Å²) in [4.78, 5) is 3.89. The van der Waals surface area contributed by atoms with Gasteiger partial charge in [0.15, 0.2) is 0 Å². The number of rotatable bonds is 4. The Bertz CT molecular complexity index is 145. The average Bonchev–Trinajstić information content (AvgIpc) is 1.89. The third-order valence-electron chi connectivity index (χ3n) is 0.915. The molecule has 0 radical (unpaired) electrons. The second-order valence-corrected chi connectivity index (χ2v) is 1.78. The molecule has 56 valence electrons. The molecule has 10 heavy (non-hydrogen) atoms. The second kappa shape index (κ2) is 6.08. The minimum absolute atomic E-state index is 0.896. The van der Waals surface area contributed by atoms with Gasteiger partial charge in [0.2, 0.25) is 0 Å². The van der Waals surface area contributed by atoms with Gasteiger partial charge in [0.25, 0.3) is 0 Å². The van der Waals surface area contributed by atoms with Gasteiger partial charge in [-0.3, -0.25) is 4.99 Å². The van der Waals surface area contributed by atoms with E-state index in [4.69, 9.17) is 0 Å². The van der Waals surface area contributed by atoms with Gasteiger partial charge in [0.05, 0.1) is 0 Å². The van der Waals surface area contributed by atoms with Gasteiger partial charge < -0.3 is 5.32 Å². The fraction of sp³-hybridized carbons (Fsp3) is 0.375. The van der Waals surface area contributed by atoms with E-state index in [1.807, 2.05) is 19.9 Å². The van der Waals surface area contributed by atoms with Crippen molar-refractivity contribution in [2.75, 3.05) is 6.54 Å². The second-order valence-electron chi connectivity index (χ2n) is 1.78. The first kappa shape index (κ1) is 8.95. The third-order valence-corrected chi connectivity index (χ3v) is 0.915. The van der Waals surface area contributed by atoms with Crippen molar-refractivity contribution in [1.82, 2.24) is 5.32 Å². The smallest absolute Gasteiger partial charge is 0.0284 e. The molecule has 0 aliphatic heterocycles. The van der Waals surface area contributed by atoms with E-state index in [0.29, 0.717) is 0 Å². The molecule has 0 amide bonds. The highest BCUT2D eigenvalue weighted by Gasteiger charge is 1.78. The van der Waals surface area contributed by atoms with E-state index in [0.717, 1.165) is 12.2 Å². The SMILES string of the molecule is C=C(/C=C\N=CC)NCC. The van der Waals surface area contributed by atoms with Gasteiger partial charge in [-0.15, -0.1) is 0 Å². The van der Waals surface area contributed by atoms with Crippen molar-refractivity contribution in [2.45, 2.75) is 13.8 Å². The quantitative estimate of drug-likeness (QED) is 0.464.